The van der Waals surface area contributed by atoms with Gasteiger partial charge in [0, 0.05) is 42.8 Å². The fraction of sp³-hybridized carbons (Fsp3) is 0.316. The lowest BCUT2D eigenvalue weighted by Gasteiger charge is -2.35. The topological polar surface area (TPSA) is 32.8 Å². The second kappa shape index (κ2) is 8.75. The van der Waals surface area contributed by atoms with E-state index in [2.05, 4.69) is 25.6 Å². The molecule has 0 bridgehead atoms. The number of carbonyl (C=O) groups is 1. The van der Waals surface area contributed by atoms with Crippen molar-refractivity contribution in [1.82, 2.24) is 9.80 Å². The zero-order valence-corrected chi connectivity index (χ0v) is 16.0. The minimum Gasteiger partial charge on any atom is -0.434 e. The van der Waals surface area contributed by atoms with Crippen molar-refractivity contribution in [1.29, 1.82) is 0 Å². The lowest BCUT2D eigenvalue weighted by Crippen LogP contribution is -2.48. The van der Waals surface area contributed by atoms with Crippen molar-refractivity contribution in [3.8, 4) is 5.75 Å². The van der Waals surface area contributed by atoms with Gasteiger partial charge in [-0.3, -0.25) is 9.69 Å². The average molecular weight is 443 g/mol. The van der Waals surface area contributed by atoms with E-state index in [-0.39, 0.29) is 23.0 Å². The molecular weight excluding hydrogens is 425 g/mol. The van der Waals surface area contributed by atoms with Gasteiger partial charge in [0.15, 0.2) is 0 Å². The van der Waals surface area contributed by atoms with Gasteiger partial charge in [-0.15, -0.1) is 0 Å². The van der Waals surface area contributed by atoms with Crippen molar-refractivity contribution in [2.45, 2.75) is 13.2 Å². The predicted octanol–water partition coefficient (Wildman–Crippen LogP) is 4.15. The Hall–Kier alpha value is -2.06. The van der Waals surface area contributed by atoms with Crippen molar-refractivity contribution < 1.29 is 22.7 Å². The van der Waals surface area contributed by atoms with Gasteiger partial charge in [-0.2, -0.15) is 8.78 Å². The summed E-state index contributed by atoms with van der Waals surface area (Å²) in [5.74, 6) is -0.761. The maximum absolute atomic E-state index is 13.8. The summed E-state index contributed by atoms with van der Waals surface area (Å²) in [6.45, 7) is -0.555. The average Bonchev–Trinajstić information content (AvgIpc) is 2.65. The molecule has 4 nitrogen and oxygen atoms in total. The third-order valence-corrected chi connectivity index (χ3v) is 4.89. The number of benzene rings is 2. The molecule has 2 aromatic carbocycles. The lowest BCUT2D eigenvalue weighted by atomic mass is 10.1. The van der Waals surface area contributed by atoms with Gasteiger partial charge in [-0.05, 0) is 24.3 Å². The van der Waals surface area contributed by atoms with E-state index in [4.69, 9.17) is 0 Å². The van der Waals surface area contributed by atoms with Crippen LogP contribution in [-0.4, -0.2) is 48.5 Å². The van der Waals surface area contributed by atoms with Gasteiger partial charge in [0.2, 0.25) is 0 Å². The van der Waals surface area contributed by atoms with Gasteiger partial charge in [0.1, 0.15) is 11.6 Å². The molecule has 0 atom stereocenters. The highest BCUT2D eigenvalue weighted by atomic mass is 79.9. The van der Waals surface area contributed by atoms with E-state index in [1.165, 1.54) is 18.2 Å². The molecule has 8 heteroatoms. The molecule has 1 heterocycles. The van der Waals surface area contributed by atoms with E-state index in [1.54, 1.807) is 29.2 Å². The molecule has 1 aliphatic rings. The summed E-state index contributed by atoms with van der Waals surface area (Å²) in [6.07, 6.45) is 0. The van der Waals surface area contributed by atoms with Gasteiger partial charge in [0.05, 0.1) is 5.56 Å². The van der Waals surface area contributed by atoms with Crippen LogP contribution >= 0.6 is 15.9 Å². The Bertz CT molecular complexity index is 811. The van der Waals surface area contributed by atoms with Crippen LogP contribution in [0.4, 0.5) is 13.2 Å². The Morgan fingerprint density at radius 2 is 1.81 bits per heavy atom. The van der Waals surface area contributed by atoms with Crippen molar-refractivity contribution in [3.63, 3.8) is 0 Å². The molecule has 0 radical (unpaired) electrons. The molecule has 1 saturated heterocycles. The Labute approximate surface area is 163 Å². The molecule has 0 unspecified atom stereocenters. The first-order valence-corrected chi connectivity index (χ1v) is 9.23. The van der Waals surface area contributed by atoms with Crippen molar-refractivity contribution in [2.24, 2.45) is 0 Å². The summed E-state index contributed by atoms with van der Waals surface area (Å²) in [6, 6.07) is 11.0. The minimum absolute atomic E-state index is 0.0900. The third-order valence-electron chi connectivity index (χ3n) is 4.40. The van der Waals surface area contributed by atoms with Crippen LogP contribution in [0.1, 0.15) is 15.9 Å². The fourth-order valence-electron chi connectivity index (χ4n) is 3.02. The molecule has 0 aliphatic carbocycles. The summed E-state index contributed by atoms with van der Waals surface area (Å²) in [7, 11) is 0. The number of nitrogens with zero attached hydrogens (tertiary/aromatic N) is 2. The quantitative estimate of drug-likeness (QED) is 0.697. The molecule has 0 aromatic heterocycles. The number of carbonyl (C=O) groups excluding carboxylic acids is 1. The number of hydrogen-bond donors (Lipinski definition) is 0. The molecule has 27 heavy (non-hydrogen) atoms. The SMILES string of the molecule is O=C(c1cc(Br)ccc1OC(F)F)N1CCN(Cc2ccccc2F)CC1. The third kappa shape index (κ3) is 5.01. The molecule has 2 aromatic rings. The van der Waals surface area contributed by atoms with E-state index >= 15 is 0 Å². The first-order valence-electron chi connectivity index (χ1n) is 8.43. The smallest absolute Gasteiger partial charge is 0.387 e. The van der Waals surface area contributed by atoms with Crippen LogP contribution in [0.25, 0.3) is 0 Å². The van der Waals surface area contributed by atoms with Gasteiger partial charge in [0.25, 0.3) is 5.91 Å². The molecule has 0 spiro atoms. The van der Waals surface area contributed by atoms with Crippen LogP contribution in [0.3, 0.4) is 0 Å². The summed E-state index contributed by atoms with van der Waals surface area (Å²) in [5, 5.41) is 0. The van der Waals surface area contributed by atoms with E-state index in [0.29, 0.717) is 42.8 Å². The summed E-state index contributed by atoms with van der Waals surface area (Å²) >= 11 is 3.25. The molecule has 3 rings (SSSR count). The summed E-state index contributed by atoms with van der Waals surface area (Å²) in [5.41, 5.74) is 0.698. The molecule has 1 aliphatic heterocycles. The standard InChI is InChI=1S/C19H18BrF3N2O2/c20-14-5-6-17(27-19(22)23)15(11-14)18(26)25-9-7-24(8-10-25)12-13-3-1-2-4-16(13)21/h1-6,11,19H,7-10,12H2. The highest BCUT2D eigenvalue weighted by Crippen LogP contribution is 2.26. The van der Waals surface area contributed by atoms with Crippen LogP contribution in [0.2, 0.25) is 0 Å². The number of rotatable bonds is 5. The Morgan fingerprint density at radius 1 is 1.11 bits per heavy atom. The zero-order chi connectivity index (χ0) is 19.4. The van der Waals surface area contributed by atoms with Crippen LogP contribution < -0.4 is 4.74 Å². The number of ether oxygens (including phenoxy) is 1. The number of alkyl halides is 2. The van der Waals surface area contributed by atoms with Crippen LogP contribution in [0, 0.1) is 5.82 Å². The van der Waals surface area contributed by atoms with Gasteiger partial charge in [-0.25, -0.2) is 4.39 Å². The highest BCUT2D eigenvalue weighted by molar-refractivity contribution is 9.10. The van der Waals surface area contributed by atoms with Crippen molar-refractivity contribution >= 4 is 21.8 Å². The molecule has 0 saturated carbocycles. The molecule has 144 valence electrons. The molecule has 1 amide bonds. The second-order valence-electron chi connectivity index (χ2n) is 6.18. The second-order valence-corrected chi connectivity index (χ2v) is 7.09. The van der Waals surface area contributed by atoms with Crippen molar-refractivity contribution in [3.05, 3.63) is 63.9 Å². The molecular formula is C19H18BrF3N2O2. The Morgan fingerprint density at radius 3 is 2.48 bits per heavy atom. The molecule has 1 fully saturated rings. The minimum atomic E-state index is -3.00. The number of hydrogen-bond acceptors (Lipinski definition) is 3. The highest BCUT2D eigenvalue weighted by Gasteiger charge is 2.25. The number of amides is 1. The zero-order valence-electron chi connectivity index (χ0n) is 14.4. The van der Waals surface area contributed by atoms with Gasteiger partial charge >= 0.3 is 6.61 Å². The lowest BCUT2D eigenvalue weighted by molar-refractivity contribution is -0.0503. The van der Waals surface area contributed by atoms with Crippen LogP contribution in [0.15, 0.2) is 46.9 Å². The molecule has 0 N–H and O–H groups in total. The summed E-state index contributed by atoms with van der Waals surface area (Å²) in [4.78, 5) is 16.4. The van der Waals surface area contributed by atoms with Gasteiger partial charge in [-0.1, -0.05) is 34.1 Å². The van der Waals surface area contributed by atoms with E-state index in [1.807, 2.05) is 0 Å². The largest absolute Gasteiger partial charge is 0.434 e. The fourth-order valence-corrected chi connectivity index (χ4v) is 3.38. The predicted molar refractivity (Wildman–Crippen MR) is 98.4 cm³/mol. The maximum atomic E-state index is 13.8. The first kappa shape index (κ1) is 19.7. The normalized spacial score (nSPS) is 15.2. The Balaban J connectivity index is 1.65. The van der Waals surface area contributed by atoms with Crippen LogP contribution in [0.5, 0.6) is 5.75 Å². The van der Waals surface area contributed by atoms with E-state index in [9.17, 15) is 18.0 Å². The summed E-state index contributed by atoms with van der Waals surface area (Å²) < 4.78 is 44.1. The maximum Gasteiger partial charge on any atom is 0.387 e. The van der Waals surface area contributed by atoms with E-state index in [0.717, 1.165) is 0 Å². The van der Waals surface area contributed by atoms with E-state index < -0.39 is 6.61 Å². The number of halogens is 4. The monoisotopic (exact) mass is 442 g/mol. The van der Waals surface area contributed by atoms with Gasteiger partial charge < -0.3 is 9.64 Å². The Kier molecular flexibility index (Phi) is 6.38. The first-order chi connectivity index (χ1) is 12.9. The van der Waals surface area contributed by atoms with Crippen LogP contribution in [-0.2, 0) is 6.54 Å². The number of piperazine rings is 1. The van der Waals surface area contributed by atoms with Crippen molar-refractivity contribution in [2.75, 3.05) is 26.2 Å².